The fourth-order valence-corrected chi connectivity index (χ4v) is 2.48. The fraction of sp³-hybridized carbons (Fsp3) is 0.583. The fourth-order valence-electron chi connectivity index (χ4n) is 2.48. The summed E-state index contributed by atoms with van der Waals surface area (Å²) in [6, 6.07) is 0.0583. The van der Waals surface area contributed by atoms with Gasteiger partial charge in [0.2, 0.25) is 0 Å². The number of hydrazine groups is 1. The largest absolute Gasteiger partial charge is 0.310 e. The Labute approximate surface area is 101 Å². The lowest BCUT2D eigenvalue weighted by atomic mass is 9.93. The number of allylic oxidation sites excluding steroid dienone is 1. The third kappa shape index (κ3) is 1.85. The summed E-state index contributed by atoms with van der Waals surface area (Å²) in [6.45, 7) is 1.71. The van der Waals surface area contributed by atoms with Crippen molar-refractivity contribution in [3.63, 3.8) is 0 Å². The molecule has 2 aliphatic rings. The van der Waals surface area contributed by atoms with Crippen molar-refractivity contribution >= 4 is 17.5 Å². The minimum atomic E-state index is -0.224. The van der Waals surface area contributed by atoms with Gasteiger partial charge in [-0.25, -0.2) is 10.0 Å². The van der Waals surface area contributed by atoms with Crippen molar-refractivity contribution in [2.75, 3.05) is 7.05 Å². The second-order valence-electron chi connectivity index (χ2n) is 4.52. The molecule has 0 spiro atoms. The summed E-state index contributed by atoms with van der Waals surface area (Å²) in [7, 11) is 1.64. The Morgan fingerprint density at radius 1 is 1.24 bits per heavy atom. The summed E-state index contributed by atoms with van der Waals surface area (Å²) in [5.41, 5.74) is 1.00. The molecule has 1 aliphatic heterocycles. The van der Waals surface area contributed by atoms with Crippen LogP contribution in [0, 0.1) is 5.41 Å². The quantitative estimate of drug-likeness (QED) is 0.546. The summed E-state index contributed by atoms with van der Waals surface area (Å²) in [5.74, 6) is -0.420. The number of likely N-dealkylation sites (N-methyl/N-ethyl adjacent to an activating group) is 1. The predicted octanol–water partition coefficient (Wildman–Crippen LogP) is 1.11. The molecule has 2 fully saturated rings. The molecular weight excluding hydrogens is 218 g/mol. The van der Waals surface area contributed by atoms with E-state index in [4.69, 9.17) is 5.41 Å². The SMILES string of the molecule is C/C=C1\C(=O)N(C)N(C2CCC(=N)CC2)C1=O. The van der Waals surface area contributed by atoms with E-state index in [1.165, 1.54) is 5.01 Å². The first-order chi connectivity index (χ1) is 8.06. The number of nitrogens with one attached hydrogen (secondary N) is 1. The maximum atomic E-state index is 12.1. The highest BCUT2D eigenvalue weighted by atomic mass is 16.2. The number of carbonyl (C=O) groups excluding carboxylic acids is 2. The van der Waals surface area contributed by atoms with Crippen molar-refractivity contribution < 1.29 is 9.59 Å². The molecule has 1 heterocycles. The van der Waals surface area contributed by atoms with E-state index in [0.29, 0.717) is 0 Å². The standard InChI is InChI=1S/C12H17N3O2/c1-3-10-11(16)14(2)15(12(10)17)9-6-4-8(13)5-7-9/h3,9,13H,4-7H2,1-2H3/b10-3+,13-8?. The van der Waals surface area contributed by atoms with Gasteiger partial charge in [-0.1, -0.05) is 6.08 Å². The zero-order chi connectivity index (χ0) is 12.6. The monoisotopic (exact) mass is 235 g/mol. The number of amides is 2. The highest BCUT2D eigenvalue weighted by Crippen LogP contribution is 2.27. The van der Waals surface area contributed by atoms with Gasteiger partial charge in [0.05, 0.1) is 6.04 Å². The Bertz CT molecular complexity index is 404. The molecule has 2 rings (SSSR count). The lowest BCUT2D eigenvalue weighted by Crippen LogP contribution is -2.46. The number of hydrogen-bond donors (Lipinski definition) is 1. The van der Waals surface area contributed by atoms with Gasteiger partial charge in [-0.2, -0.15) is 0 Å². The Morgan fingerprint density at radius 3 is 2.29 bits per heavy atom. The van der Waals surface area contributed by atoms with Gasteiger partial charge in [0, 0.05) is 12.8 Å². The molecule has 0 atom stereocenters. The third-order valence-corrected chi connectivity index (χ3v) is 3.48. The van der Waals surface area contributed by atoms with Gasteiger partial charge in [-0.3, -0.25) is 9.59 Å². The average molecular weight is 235 g/mol. The Balaban J connectivity index is 2.19. The first-order valence-corrected chi connectivity index (χ1v) is 5.90. The molecule has 1 N–H and O–H groups in total. The predicted molar refractivity (Wildman–Crippen MR) is 63.4 cm³/mol. The van der Waals surface area contributed by atoms with Gasteiger partial charge in [0.1, 0.15) is 5.57 Å². The van der Waals surface area contributed by atoms with Crippen LogP contribution in [0.2, 0.25) is 0 Å². The van der Waals surface area contributed by atoms with Gasteiger partial charge < -0.3 is 5.41 Å². The highest BCUT2D eigenvalue weighted by Gasteiger charge is 2.42. The van der Waals surface area contributed by atoms with Crippen LogP contribution in [0.4, 0.5) is 0 Å². The van der Waals surface area contributed by atoms with E-state index >= 15 is 0 Å². The molecule has 2 amide bonds. The smallest absolute Gasteiger partial charge is 0.278 e. The number of nitrogens with zero attached hydrogens (tertiary/aromatic N) is 2. The van der Waals surface area contributed by atoms with E-state index in [1.807, 2.05) is 0 Å². The lowest BCUT2D eigenvalue weighted by Gasteiger charge is -2.34. The van der Waals surface area contributed by atoms with Crippen molar-refractivity contribution in [2.45, 2.75) is 38.6 Å². The van der Waals surface area contributed by atoms with Gasteiger partial charge in [-0.05, 0) is 32.6 Å². The minimum absolute atomic E-state index is 0.0583. The van der Waals surface area contributed by atoms with Crippen molar-refractivity contribution in [3.8, 4) is 0 Å². The molecule has 0 aromatic rings. The summed E-state index contributed by atoms with van der Waals surface area (Å²) < 4.78 is 0. The molecule has 1 saturated heterocycles. The summed E-state index contributed by atoms with van der Waals surface area (Å²) in [4.78, 5) is 23.9. The summed E-state index contributed by atoms with van der Waals surface area (Å²) >= 11 is 0. The topological polar surface area (TPSA) is 64.5 Å². The van der Waals surface area contributed by atoms with Gasteiger partial charge >= 0.3 is 0 Å². The third-order valence-electron chi connectivity index (χ3n) is 3.48. The second-order valence-corrected chi connectivity index (χ2v) is 4.52. The number of carbonyl (C=O) groups is 2. The molecule has 0 aromatic heterocycles. The normalized spacial score (nSPS) is 28.5. The van der Waals surface area contributed by atoms with E-state index < -0.39 is 0 Å². The molecule has 0 radical (unpaired) electrons. The van der Waals surface area contributed by atoms with E-state index in [-0.39, 0.29) is 23.4 Å². The highest BCUT2D eigenvalue weighted by molar-refractivity contribution is 6.22. The first kappa shape index (κ1) is 11.8. The van der Waals surface area contributed by atoms with Crippen LogP contribution in [-0.4, -0.2) is 40.6 Å². The van der Waals surface area contributed by atoms with Gasteiger partial charge in [0.15, 0.2) is 0 Å². The molecule has 92 valence electrons. The Morgan fingerprint density at radius 2 is 1.82 bits per heavy atom. The maximum Gasteiger partial charge on any atom is 0.278 e. The van der Waals surface area contributed by atoms with Crippen LogP contribution in [0.15, 0.2) is 11.6 Å². The molecule has 0 unspecified atom stereocenters. The van der Waals surface area contributed by atoms with Crippen molar-refractivity contribution in [2.24, 2.45) is 0 Å². The van der Waals surface area contributed by atoms with Gasteiger partial charge in [-0.15, -0.1) is 0 Å². The minimum Gasteiger partial charge on any atom is -0.310 e. The molecular formula is C12H17N3O2. The lowest BCUT2D eigenvalue weighted by molar-refractivity contribution is -0.149. The zero-order valence-corrected chi connectivity index (χ0v) is 10.2. The van der Waals surface area contributed by atoms with Crippen LogP contribution >= 0.6 is 0 Å². The zero-order valence-electron chi connectivity index (χ0n) is 10.2. The number of hydrogen-bond acceptors (Lipinski definition) is 3. The van der Waals surface area contributed by atoms with E-state index in [1.54, 1.807) is 25.1 Å². The second kappa shape index (κ2) is 4.31. The molecule has 17 heavy (non-hydrogen) atoms. The Hall–Kier alpha value is -1.65. The van der Waals surface area contributed by atoms with Crippen molar-refractivity contribution in [1.29, 1.82) is 5.41 Å². The van der Waals surface area contributed by atoms with Gasteiger partial charge in [0.25, 0.3) is 11.8 Å². The Kier molecular flexibility index (Phi) is 3.00. The van der Waals surface area contributed by atoms with Crippen LogP contribution < -0.4 is 0 Å². The number of rotatable bonds is 1. The molecule has 5 nitrogen and oxygen atoms in total. The van der Waals surface area contributed by atoms with E-state index in [2.05, 4.69) is 0 Å². The van der Waals surface area contributed by atoms with Crippen LogP contribution in [0.25, 0.3) is 0 Å². The molecule has 0 aromatic carbocycles. The first-order valence-electron chi connectivity index (χ1n) is 5.90. The molecule has 0 bridgehead atoms. The average Bonchev–Trinajstić information content (AvgIpc) is 2.52. The molecule has 1 saturated carbocycles. The molecule has 1 aliphatic carbocycles. The maximum absolute atomic E-state index is 12.1. The molecule has 5 heteroatoms. The van der Waals surface area contributed by atoms with Crippen LogP contribution in [-0.2, 0) is 9.59 Å². The summed E-state index contributed by atoms with van der Waals surface area (Å²) in [6.07, 6.45) is 4.58. The van der Waals surface area contributed by atoms with E-state index in [9.17, 15) is 9.59 Å². The van der Waals surface area contributed by atoms with Crippen LogP contribution in [0.3, 0.4) is 0 Å². The van der Waals surface area contributed by atoms with Crippen molar-refractivity contribution in [3.05, 3.63) is 11.6 Å². The van der Waals surface area contributed by atoms with Crippen LogP contribution in [0.1, 0.15) is 32.6 Å². The van der Waals surface area contributed by atoms with Crippen LogP contribution in [0.5, 0.6) is 0 Å². The summed E-state index contributed by atoms with van der Waals surface area (Å²) in [5, 5.41) is 10.5. The van der Waals surface area contributed by atoms with E-state index in [0.717, 1.165) is 31.4 Å². The van der Waals surface area contributed by atoms with Crippen molar-refractivity contribution in [1.82, 2.24) is 10.0 Å².